The number of hydrogen-bond donors (Lipinski definition) is 1. The maximum atomic E-state index is 12.3. The lowest BCUT2D eigenvalue weighted by Crippen LogP contribution is -2.23. The third-order valence-corrected chi connectivity index (χ3v) is 3.85. The number of hydrogen-bond acceptors (Lipinski definition) is 6. The summed E-state index contributed by atoms with van der Waals surface area (Å²) in [4.78, 5) is 12.3. The predicted molar refractivity (Wildman–Crippen MR) is 93.8 cm³/mol. The number of nitrogens with zero attached hydrogens (tertiary/aromatic N) is 1. The SMILES string of the molecule is COC(=O)C(Nc1ccc(C#N)cc1)c1cc(OC)c(OC)cc1C. The molecule has 0 aliphatic rings. The van der Waals surface area contributed by atoms with Crippen LogP contribution in [0.25, 0.3) is 0 Å². The zero-order valence-electron chi connectivity index (χ0n) is 14.6. The number of esters is 1. The van der Waals surface area contributed by atoms with Gasteiger partial charge in [0, 0.05) is 5.69 Å². The Balaban J connectivity index is 2.43. The number of anilines is 1. The van der Waals surface area contributed by atoms with E-state index >= 15 is 0 Å². The minimum Gasteiger partial charge on any atom is -0.493 e. The zero-order chi connectivity index (χ0) is 18.4. The molecule has 0 radical (unpaired) electrons. The lowest BCUT2D eigenvalue weighted by atomic mass is 9.99. The van der Waals surface area contributed by atoms with Crippen molar-refractivity contribution in [3.05, 3.63) is 53.1 Å². The molecule has 130 valence electrons. The van der Waals surface area contributed by atoms with Crippen LogP contribution < -0.4 is 14.8 Å². The third kappa shape index (κ3) is 4.01. The van der Waals surface area contributed by atoms with Crippen LogP contribution in [-0.2, 0) is 9.53 Å². The van der Waals surface area contributed by atoms with Crippen molar-refractivity contribution in [1.29, 1.82) is 5.26 Å². The quantitative estimate of drug-likeness (QED) is 0.813. The second-order valence-electron chi connectivity index (χ2n) is 5.35. The Morgan fingerprint density at radius 3 is 2.20 bits per heavy atom. The Labute approximate surface area is 146 Å². The largest absolute Gasteiger partial charge is 0.493 e. The van der Waals surface area contributed by atoms with Gasteiger partial charge in [-0.1, -0.05) is 0 Å². The fourth-order valence-corrected chi connectivity index (χ4v) is 2.50. The van der Waals surface area contributed by atoms with E-state index in [0.717, 1.165) is 5.56 Å². The van der Waals surface area contributed by atoms with Crippen molar-refractivity contribution in [1.82, 2.24) is 0 Å². The van der Waals surface area contributed by atoms with Gasteiger partial charge in [0.2, 0.25) is 0 Å². The first kappa shape index (κ1) is 18.1. The highest BCUT2D eigenvalue weighted by molar-refractivity contribution is 5.82. The van der Waals surface area contributed by atoms with E-state index in [1.54, 1.807) is 37.4 Å². The van der Waals surface area contributed by atoms with E-state index in [0.29, 0.717) is 28.3 Å². The fraction of sp³-hybridized carbons (Fsp3) is 0.263. The van der Waals surface area contributed by atoms with Crippen LogP contribution >= 0.6 is 0 Å². The summed E-state index contributed by atoms with van der Waals surface area (Å²) in [6.45, 7) is 1.88. The summed E-state index contributed by atoms with van der Waals surface area (Å²) in [5.41, 5.74) is 2.81. The Morgan fingerprint density at radius 2 is 1.68 bits per heavy atom. The fourth-order valence-electron chi connectivity index (χ4n) is 2.50. The second-order valence-corrected chi connectivity index (χ2v) is 5.35. The van der Waals surface area contributed by atoms with Crippen LogP contribution in [0.4, 0.5) is 5.69 Å². The van der Waals surface area contributed by atoms with Gasteiger partial charge in [-0.25, -0.2) is 4.79 Å². The summed E-state index contributed by atoms with van der Waals surface area (Å²) in [6, 6.07) is 11.7. The molecular weight excluding hydrogens is 320 g/mol. The summed E-state index contributed by atoms with van der Waals surface area (Å²) in [5.74, 6) is 0.684. The molecule has 0 aliphatic carbocycles. The van der Waals surface area contributed by atoms with Gasteiger partial charge in [-0.05, 0) is 54.4 Å². The summed E-state index contributed by atoms with van der Waals surface area (Å²) in [5, 5.41) is 12.0. The molecule has 2 aromatic carbocycles. The van der Waals surface area contributed by atoms with Crippen LogP contribution in [0.2, 0.25) is 0 Å². The maximum Gasteiger partial charge on any atom is 0.333 e. The van der Waals surface area contributed by atoms with Crippen molar-refractivity contribution in [2.24, 2.45) is 0 Å². The van der Waals surface area contributed by atoms with Crippen LogP contribution in [-0.4, -0.2) is 27.3 Å². The summed E-state index contributed by atoms with van der Waals surface area (Å²) in [6.07, 6.45) is 0. The molecule has 0 aliphatic heterocycles. The topological polar surface area (TPSA) is 80.6 Å². The summed E-state index contributed by atoms with van der Waals surface area (Å²) in [7, 11) is 4.44. The van der Waals surface area contributed by atoms with Crippen LogP contribution in [0.5, 0.6) is 11.5 Å². The van der Waals surface area contributed by atoms with E-state index in [1.807, 2.05) is 13.0 Å². The first-order valence-electron chi connectivity index (χ1n) is 7.61. The molecule has 0 spiro atoms. The number of aryl methyl sites for hydroxylation is 1. The van der Waals surface area contributed by atoms with Crippen LogP contribution in [0, 0.1) is 18.3 Å². The van der Waals surface area contributed by atoms with Crippen LogP contribution in [0.3, 0.4) is 0 Å². The Kier molecular flexibility index (Phi) is 5.85. The molecule has 1 unspecified atom stereocenters. The Hall–Kier alpha value is -3.20. The number of nitrogens with one attached hydrogen (secondary N) is 1. The molecule has 0 amide bonds. The minimum absolute atomic E-state index is 0.431. The van der Waals surface area contributed by atoms with E-state index in [2.05, 4.69) is 11.4 Å². The monoisotopic (exact) mass is 340 g/mol. The highest BCUT2D eigenvalue weighted by Gasteiger charge is 2.25. The third-order valence-electron chi connectivity index (χ3n) is 3.85. The lowest BCUT2D eigenvalue weighted by molar-refractivity contribution is -0.141. The van der Waals surface area contributed by atoms with Gasteiger partial charge in [0.1, 0.15) is 0 Å². The molecule has 6 heteroatoms. The molecular formula is C19H20N2O4. The molecule has 1 N–H and O–H groups in total. The van der Waals surface area contributed by atoms with Crippen molar-refractivity contribution in [2.45, 2.75) is 13.0 Å². The molecule has 1 atom stereocenters. The lowest BCUT2D eigenvalue weighted by Gasteiger charge is -2.21. The number of rotatable bonds is 6. The smallest absolute Gasteiger partial charge is 0.333 e. The van der Waals surface area contributed by atoms with E-state index in [-0.39, 0.29) is 0 Å². The predicted octanol–water partition coefficient (Wildman–Crippen LogP) is 3.21. The first-order valence-corrected chi connectivity index (χ1v) is 7.61. The molecule has 25 heavy (non-hydrogen) atoms. The standard InChI is InChI=1S/C19H20N2O4/c1-12-9-16(23-2)17(24-3)10-15(12)18(19(22)25-4)21-14-7-5-13(11-20)6-8-14/h5-10,18,21H,1-4H3. The summed E-state index contributed by atoms with van der Waals surface area (Å²) >= 11 is 0. The van der Waals surface area contributed by atoms with Crippen molar-refractivity contribution >= 4 is 11.7 Å². The number of ether oxygens (including phenoxy) is 3. The molecule has 0 heterocycles. The van der Waals surface area contributed by atoms with Crippen molar-refractivity contribution in [3.8, 4) is 17.6 Å². The van der Waals surface area contributed by atoms with Gasteiger partial charge in [0.05, 0.1) is 33.0 Å². The van der Waals surface area contributed by atoms with Gasteiger partial charge in [-0.2, -0.15) is 5.26 Å². The molecule has 6 nitrogen and oxygen atoms in total. The molecule has 0 bridgehead atoms. The Morgan fingerprint density at radius 1 is 1.08 bits per heavy atom. The molecule has 2 aromatic rings. The number of carbonyl (C=O) groups is 1. The van der Waals surface area contributed by atoms with Gasteiger partial charge < -0.3 is 19.5 Å². The van der Waals surface area contributed by atoms with Crippen molar-refractivity contribution in [2.75, 3.05) is 26.6 Å². The van der Waals surface area contributed by atoms with Gasteiger partial charge in [0.25, 0.3) is 0 Å². The zero-order valence-corrected chi connectivity index (χ0v) is 14.6. The van der Waals surface area contributed by atoms with E-state index in [9.17, 15) is 4.79 Å². The van der Waals surface area contributed by atoms with Gasteiger partial charge in [-0.15, -0.1) is 0 Å². The molecule has 0 aromatic heterocycles. The van der Waals surface area contributed by atoms with E-state index < -0.39 is 12.0 Å². The van der Waals surface area contributed by atoms with Crippen LogP contribution in [0.15, 0.2) is 36.4 Å². The average molecular weight is 340 g/mol. The highest BCUT2D eigenvalue weighted by Crippen LogP contribution is 2.34. The average Bonchev–Trinajstić information content (AvgIpc) is 2.65. The van der Waals surface area contributed by atoms with Crippen molar-refractivity contribution < 1.29 is 19.0 Å². The normalized spacial score (nSPS) is 11.2. The van der Waals surface area contributed by atoms with Gasteiger partial charge in [-0.3, -0.25) is 0 Å². The molecule has 2 rings (SSSR count). The van der Waals surface area contributed by atoms with Crippen LogP contribution in [0.1, 0.15) is 22.7 Å². The number of benzene rings is 2. The number of carbonyl (C=O) groups excluding carboxylic acids is 1. The van der Waals surface area contributed by atoms with Crippen molar-refractivity contribution in [3.63, 3.8) is 0 Å². The molecule has 0 saturated heterocycles. The summed E-state index contributed by atoms with van der Waals surface area (Å²) < 4.78 is 15.6. The van der Waals surface area contributed by atoms with Gasteiger partial charge >= 0.3 is 5.97 Å². The number of methoxy groups -OCH3 is 3. The minimum atomic E-state index is -0.724. The van der Waals surface area contributed by atoms with E-state index in [1.165, 1.54) is 14.2 Å². The maximum absolute atomic E-state index is 12.3. The highest BCUT2D eigenvalue weighted by atomic mass is 16.5. The second kappa shape index (κ2) is 8.06. The first-order chi connectivity index (χ1) is 12.0. The number of nitriles is 1. The Bertz CT molecular complexity index is 794. The molecule has 0 saturated carbocycles. The molecule has 0 fully saturated rings. The van der Waals surface area contributed by atoms with Gasteiger partial charge in [0.15, 0.2) is 17.5 Å². The van der Waals surface area contributed by atoms with E-state index in [4.69, 9.17) is 19.5 Å².